The minimum Gasteiger partial charge on any atom is -0.399 e. The molecular weight excluding hydrogens is 396 g/mol. The Morgan fingerprint density at radius 2 is 1.41 bits per heavy atom. The Hall–Kier alpha value is -3.99. The third-order valence-electron chi connectivity index (χ3n) is 5.29. The van der Waals surface area contributed by atoms with E-state index in [-0.39, 0.29) is 5.91 Å². The lowest BCUT2D eigenvalue weighted by Gasteiger charge is -2.12. The summed E-state index contributed by atoms with van der Waals surface area (Å²) in [6.45, 7) is 0. The van der Waals surface area contributed by atoms with Crippen molar-refractivity contribution in [1.82, 2.24) is 9.97 Å². The van der Waals surface area contributed by atoms with Crippen molar-refractivity contribution >= 4 is 17.4 Å². The molecule has 32 heavy (non-hydrogen) atoms. The van der Waals surface area contributed by atoms with Crippen LogP contribution in [0.3, 0.4) is 0 Å². The summed E-state index contributed by atoms with van der Waals surface area (Å²) in [5.41, 5.74) is 11.3. The Morgan fingerprint density at radius 3 is 2.06 bits per heavy atom. The van der Waals surface area contributed by atoms with Crippen LogP contribution >= 0.6 is 0 Å². The molecule has 0 aliphatic heterocycles. The second-order valence-electron chi connectivity index (χ2n) is 7.69. The second kappa shape index (κ2) is 10.4. The summed E-state index contributed by atoms with van der Waals surface area (Å²) in [7, 11) is 0. The van der Waals surface area contributed by atoms with Crippen LogP contribution in [0.5, 0.6) is 0 Å². The first kappa shape index (κ1) is 21.2. The van der Waals surface area contributed by atoms with Crippen molar-refractivity contribution in [2.75, 3.05) is 11.1 Å². The molecule has 3 aromatic carbocycles. The van der Waals surface area contributed by atoms with E-state index in [9.17, 15) is 4.79 Å². The van der Waals surface area contributed by atoms with Gasteiger partial charge >= 0.3 is 0 Å². The highest BCUT2D eigenvalue weighted by Crippen LogP contribution is 2.22. The average Bonchev–Trinajstić information content (AvgIpc) is 2.84. The van der Waals surface area contributed by atoms with Crippen LogP contribution in [0.15, 0.2) is 91.1 Å². The SMILES string of the molecule is Nc1ccc(-c2cnc(NC(=O)CCc3ccccc3)c(CCc3ccccc3)n2)cc1. The molecule has 1 heterocycles. The lowest BCUT2D eigenvalue weighted by atomic mass is 10.1. The molecule has 0 aliphatic carbocycles. The number of hydrogen-bond acceptors (Lipinski definition) is 4. The second-order valence-corrected chi connectivity index (χ2v) is 7.69. The molecule has 0 unspecified atom stereocenters. The van der Waals surface area contributed by atoms with Crippen LogP contribution in [0.1, 0.15) is 23.2 Å². The van der Waals surface area contributed by atoms with Crippen molar-refractivity contribution in [3.8, 4) is 11.3 Å². The van der Waals surface area contributed by atoms with E-state index in [1.807, 2.05) is 72.8 Å². The average molecular weight is 423 g/mol. The predicted molar refractivity (Wildman–Crippen MR) is 129 cm³/mol. The molecule has 0 fully saturated rings. The van der Waals surface area contributed by atoms with Gasteiger partial charge in [0.15, 0.2) is 5.82 Å². The molecule has 0 radical (unpaired) electrons. The number of nitrogens with zero attached hydrogens (tertiary/aromatic N) is 2. The zero-order valence-electron chi connectivity index (χ0n) is 17.9. The summed E-state index contributed by atoms with van der Waals surface area (Å²) in [6, 6.07) is 27.8. The van der Waals surface area contributed by atoms with E-state index in [1.54, 1.807) is 6.20 Å². The van der Waals surface area contributed by atoms with Crippen molar-refractivity contribution in [3.05, 3.63) is 108 Å². The summed E-state index contributed by atoms with van der Waals surface area (Å²) in [4.78, 5) is 22.0. The van der Waals surface area contributed by atoms with Gasteiger partial charge in [-0.05, 0) is 42.5 Å². The summed E-state index contributed by atoms with van der Waals surface area (Å²) >= 11 is 0. The summed E-state index contributed by atoms with van der Waals surface area (Å²) < 4.78 is 0. The maximum Gasteiger partial charge on any atom is 0.225 e. The van der Waals surface area contributed by atoms with Crippen LogP contribution in [0, 0.1) is 0 Å². The number of carbonyl (C=O) groups excluding carboxylic acids is 1. The molecule has 5 heteroatoms. The highest BCUT2D eigenvalue weighted by atomic mass is 16.1. The van der Waals surface area contributed by atoms with Gasteiger partial charge in [-0.1, -0.05) is 72.8 Å². The summed E-state index contributed by atoms with van der Waals surface area (Å²) in [6.07, 6.45) is 4.26. The molecule has 5 nitrogen and oxygen atoms in total. The van der Waals surface area contributed by atoms with Crippen molar-refractivity contribution < 1.29 is 4.79 Å². The summed E-state index contributed by atoms with van der Waals surface area (Å²) in [5.74, 6) is 0.461. The van der Waals surface area contributed by atoms with E-state index in [0.29, 0.717) is 30.8 Å². The Balaban J connectivity index is 1.52. The van der Waals surface area contributed by atoms with Gasteiger partial charge in [0.25, 0.3) is 0 Å². The van der Waals surface area contributed by atoms with E-state index in [1.165, 1.54) is 5.56 Å². The fraction of sp³-hybridized carbons (Fsp3) is 0.148. The molecule has 4 rings (SSSR count). The number of nitrogens with one attached hydrogen (secondary N) is 1. The van der Waals surface area contributed by atoms with Crippen LogP contribution in [-0.4, -0.2) is 15.9 Å². The van der Waals surface area contributed by atoms with E-state index in [2.05, 4.69) is 22.4 Å². The molecule has 0 aliphatic rings. The van der Waals surface area contributed by atoms with Crippen molar-refractivity contribution in [3.63, 3.8) is 0 Å². The molecule has 3 N–H and O–H groups in total. The van der Waals surface area contributed by atoms with Gasteiger partial charge in [0, 0.05) is 17.7 Å². The molecule has 0 saturated heterocycles. The van der Waals surface area contributed by atoms with Crippen LogP contribution in [0.2, 0.25) is 0 Å². The first-order chi connectivity index (χ1) is 15.7. The Morgan fingerprint density at radius 1 is 0.781 bits per heavy atom. The van der Waals surface area contributed by atoms with Gasteiger partial charge in [0.2, 0.25) is 5.91 Å². The molecular formula is C27H26N4O. The smallest absolute Gasteiger partial charge is 0.225 e. The largest absolute Gasteiger partial charge is 0.399 e. The molecule has 0 atom stereocenters. The number of aryl methyl sites for hydroxylation is 3. The van der Waals surface area contributed by atoms with Gasteiger partial charge in [-0.3, -0.25) is 4.79 Å². The van der Waals surface area contributed by atoms with E-state index in [0.717, 1.165) is 28.9 Å². The first-order valence-electron chi connectivity index (χ1n) is 10.8. The topological polar surface area (TPSA) is 80.9 Å². The van der Waals surface area contributed by atoms with E-state index < -0.39 is 0 Å². The lowest BCUT2D eigenvalue weighted by Crippen LogP contribution is -2.16. The number of rotatable bonds is 8. The van der Waals surface area contributed by atoms with Gasteiger partial charge in [-0.25, -0.2) is 9.97 Å². The predicted octanol–water partition coefficient (Wildman–Crippen LogP) is 5.08. The van der Waals surface area contributed by atoms with Gasteiger partial charge in [0.1, 0.15) is 0 Å². The maximum atomic E-state index is 12.6. The quantitative estimate of drug-likeness (QED) is 0.388. The first-order valence-corrected chi connectivity index (χ1v) is 10.8. The van der Waals surface area contributed by atoms with Gasteiger partial charge in [-0.2, -0.15) is 0 Å². The van der Waals surface area contributed by atoms with Gasteiger partial charge in [0.05, 0.1) is 17.6 Å². The summed E-state index contributed by atoms with van der Waals surface area (Å²) in [5, 5.41) is 2.97. The minimum atomic E-state index is -0.0654. The fourth-order valence-corrected chi connectivity index (χ4v) is 3.50. The minimum absolute atomic E-state index is 0.0654. The van der Waals surface area contributed by atoms with Crippen LogP contribution in [-0.2, 0) is 24.1 Å². The number of anilines is 2. The number of nitrogen functional groups attached to an aromatic ring is 1. The number of hydrogen-bond donors (Lipinski definition) is 2. The number of carbonyl (C=O) groups is 1. The molecule has 1 amide bonds. The highest BCUT2D eigenvalue weighted by molar-refractivity contribution is 5.90. The van der Waals surface area contributed by atoms with Crippen LogP contribution < -0.4 is 11.1 Å². The van der Waals surface area contributed by atoms with Crippen LogP contribution in [0.25, 0.3) is 11.3 Å². The standard InChI is InChI=1S/C27H26N4O/c28-23-15-13-22(14-16-23)25-19-29-27(24(30-25)17-11-20-7-3-1-4-8-20)31-26(32)18-12-21-9-5-2-6-10-21/h1-10,13-16,19H,11-12,17-18,28H2,(H,29,31,32). The zero-order valence-corrected chi connectivity index (χ0v) is 17.9. The molecule has 1 aromatic heterocycles. The fourth-order valence-electron chi connectivity index (χ4n) is 3.50. The van der Waals surface area contributed by atoms with Gasteiger partial charge in [-0.15, -0.1) is 0 Å². The van der Waals surface area contributed by atoms with Crippen molar-refractivity contribution in [2.45, 2.75) is 25.7 Å². The van der Waals surface area contributed by atoms with Crippen molar-refractivity contribution in [1.29, 1.82) is 0 Å². The highest BCUT2D eigenvalue weighted by Gasteiger charge is 2.13. The Bertz CT molecular complexity index is 1160. The molecule has 0 bridgehead atoms. The molecule has 0 saturated carbocycles. The molecule has 0 spiro atoms. The maximum absolute atomic E-state index is 12.6. The van der Waals surface area contributed by atoms with E-state index in [4.69, 9.17) is 10.7 Å². The van der Waals surface area contributed by atoms with Crippen molar-refractivity contribution in [2.24, 2.45) is 0 Å². The number of benzene rings is 3. The molecule has 160 valence electrons. The Labute approximate surface area is 188 Å². The van der Waals surface area contributed by atoms with E-state index >= 15 is 0 Å². The number of nitrogens with two attached hydrogens (primary N) is 1. The number of aromatic nitrogens is 2. The number of amides is 1. The lowest BCUT2D eigenvalue weighted by molar-refractivity contribution is -0.116. The Kier molecular flexibility index (Phi) is 6.88. The third kappa shape index (κ3) is 5.79. The normalized spacial score (nSPS) is 10.6. The zero-order chi connectivity index (χ0) is 22.2. The monoisotopic (exact) mass is 422 g/mol. The molecule has 4 aromatic rings. The third-order valence-corrected chi connectivity index (χ3v) is 5.29. The van der Waals surface area contributed by atoms with Crippen LogP contribution in [0.4, 0.5) is 11.5 Å². The van der Waals surface area contributed by atoms with Gasteiger partial charge < -0.3 is 11.1 Å².